The Morgan fingerprint density at radius 2 is 1.30 bits per heavy atom. The van der Waals surface area contributed by atoms with Gasteiger partial charge in [-0.3, -0.25) is 0 Å². The number of rotatable bonds is 16. The minimum Gasteiger partial charge on any atom is -0.467 e. The maximum atomic E-state index is 11.0. The number of hydrogen-bond donors (Lipinski definition) is 1. The molecule has 0 bridgehead atoms. The third-order valence-corrected chi connectivity index (χ3v) is 4.24. The van der Waals surface area contributed by atoms with E-state index in [2.05, 4.69) is 11.7 Å². The Bertz CT molecular complexity index is 287. The zero-order valence-electron chi connectivity index (χ0n) is 15.4. The second-order valence-electron chi connectivity index (χ2n) is 6.43. The largest absolute Gasteiger partial charge is 0.467 e. The molecule has 0 saturated carbocycles. The van der Waals surface area contributed by atoms with E-state index < -0.39 is 12.1 Å². The van der Waals surface area contributed by atoms with Crippen molar-refractivity contribution >= 4 is 5.97 Å². The van der Waals surface area contributed by atoms with E-state index >= 15 is 0 Å². The van der Waals surface area contributed by atoms with Gasteiger partial charge in [-0.2, -0.15) is 0 Å². The van der Waals surface area contributed by atoms with Gasteiger partial charge in [0.1, 0.15) is 0 Å². The lowest BCUT2D eigenvalue weighted by Crippen LogP contribution is -2.18. The van der Waals surface area contributed by atoms with Crippen molar-refractivity contribution in [2.45, 2.75) is 103 Å². The molecule has 0 fully saturated rings. The van der Waals surface area contributed by atoms with Crippen LogP contribution < -0.4 is 0 Å². The molecule has 1 N–H and O–H groups in total. The SMILES string of the molecule is CCCCCCCCCCCCCCC/C=C/[C@@H](O)C(=O)OC. The van der Waals surface area contributed by atoms with E-state index in [1.54, 1.807) is 0 Å². The van der Waals surface area contributed by atoms with Crippen LogP contribution in [0.3, 0.4) is 0 Å². The van der Waals surface area contributed by atoms with Gasteiger partial charge in [-0.15, -0.1) is 0 Å². The molecule has 0 aliphatic rings. The van der Waals surface area contributed by atoms with Crippen LogP contribution >= 0.6 is 0 Å². The smallest absolute Gasteiger partial charge is 0.338 e. The zero-order valence-corrected chi connectivity index (χ0v) is 15.4. The number of esters is 1. The summed E-state index contributed by atoms with van der Waals surface area (Å²) >= 11 is 0. The van der Waals surface area contributed by atoms with Crippen molar-refractivity contribution in [2.24, 2.45) is 0 Å². The highest BCUT2D eigenvalue weighted by atomic mass is 16.5. The summed E-state index contributed by atoms with van der Waals surface area (Å²) in [5.41, 5.74) is 0. The maximum Gasteiger partial charge on any atom is 0.338 e. The Morgan fingerprint density at radius 1 is 0.870 bits per heavy atom. The molecular formula is C20H38O3. The molecule has 0 radical (unpaired) electrons. The summed E-state index contributed by atoms with van der Waals surface area (Å²) in [6.07, 6.45) is 20.8. The number of hydrogen-bond acceptors (Lipinski definition) is 3. The molecule has 0 amide bonds. The van der Waals surface area contributed by atoms with Crippen LogP contribution in [0.2, 0.25) is 0 Å². The van der Waals surface area contributed by atoms with E-state index in [0.717, 1.165) is 12.8 Å². The first-order valence-corrected chi connectivity index (χ1v) is 9.65. The minimum absolute atomic E-state index is 0.591. The van der Waals surface area contributed by atoms with Crippen LogP contribution in [0, 0.1) is 0 Å². The fraction of sp³-hybridized carbons (Fsp3) is 0.850. The van der Waals surface area contributed by atoms with Crippen LogP contribution in [-0.4, -0.2) is 24.3 Å². The lowest BCUT2D eigenvalue weighted by molar-refractivity contribution is -0.147. The van der Waals surface area contributed by atoms with Crippen LogP contribution in [0.15, 0.2) is 12.2 Å². The van der Waals surface area contributed by atoms with E-state index in [9.17, 15) is 9.90 Å². The molecular weight excluding hydrogens is 288 g/mol. The third kappa shape index (κ3) is 15.8. The highest BCUT2D eigenvalue weighted by molar-refractivity contribution is 5.76. The van der Waals surface area contributed by atoms with Crippen molar-refractivity contribution in [1.29, 1.82) is 0 Å². The van der Waals surface area contributed by atoms with E-state index in [-0.39, 0.29) is 0 Å². The molecule has 0 heterocycles. The molecule has 1 atom stereocenters. The molecule has 0 aromatic carbocycles. The summed E-state index contributed by atoms with van der Waals surface area (Å²) in [4.78, 5) is 11.0. The minimum atomic E-state index is -1.11. The van der Waals surface area contributed by atoms with Gasteiger partial charge in [0.05, 0.1) is 7.11 Å². The first kappa shape index (κ1) is 22.2. The van der Waals surface area contributed by atoms with Gasteiger partial charge in [0, 0.05) is 0 Å². The molecule has 0 aromatic heterocycles. The predicted molar refractivity (Wildman–Crippen MR) is 97.5 cm³/mol. The third-order valence-electron chi connectivity index (χ3n) is 4.24. The summed E-state index contributed by atoms with van der Waals surface area (Å²) < 4.78 is 4.45. The van der Waals surface area contributed by atoms with Crippen LogP contribution in [-0.2, 0) is 9.53 Å². The Morgan fingerprint density at radius 3 is 1.74 bits per heavy atom. The normalized spacial score (nSPS) is 12.7. The quantitative estimate of drug-likeness (QED) is 0.229. The molecule has 3 nitrogen and oxygen atoms in total. The molecule has 0 rings (SSSR count). The molecule has 0 aliphatic heterocycles. The maximum absolute atomic E-state index is 11.0. The fourth-order valence-corrected chi connectivity index (χ4v) is 2.70. The fourth-order valence-electron chi connectivity index (χ4n) is 2.70. The molecule has 23 heavy (non-hydrogen) atoms. The van der Waals surface area contributed by atoms with Gasteiger partial charge < -0.3 is 9.84 Å². The zero-order chi connectivity index (χ0) is 17.2. The molecule has 0 aliphatic carbocycles. The standard InChI is InChI=1S/C20H38O3/c1-3-4-5-6-7-8-9-10-11-12-13-14-15-16-17-18-19(21)20(22)23-2/h17-19,21H,3-16H2,1-2H3/b18-17+/t19-/m1/s1. The van der Waals surface area contributed by atoms with Crippen molar-refractivity contribution < 1.29 is 14.6 Å². The van der Waals surface area contributed by atoms with Crippen LogP contribution in [0.25, 0.3) is 0 Å². The number of carbonyl (C=O) groups is 1. The molecule has 0 unspecified atom stereocenters. The molecule has 136 valence electrons. The number of aliphatic hydroxyl groups is 1. The van der Waals surface area contributed by atoms with Gasteiger partial charge in [0.25, 0.3) is 0 Å². The second kappa shape index (κ2) is 17.5. The van der Waals surface area contributed by atoms with Crippen LogP contribution in [0.4, 0.5) is 0 Å². The topological polar surface area (TPSA) is 46.5 Å². The van der Waals surface area contributed by atoms with Crippen LogP contribution in [0.1, 0.15) is 96.8 Å². The highest BCUT2D eigenvalue weighted by Gasteiger charge is 2.09. The number of carbonyl (C=O) groups excluding carboxylic acids is 1. The summed E-state index contributed by atoms with van der Waals surface area (Å²) in [7, 11) is 1.28. The lowest BCUT2D eigenvalue weighted by atomic mass is 10.0. The first-order valence-electron chi connectivity index (χ1n) is 9.65. The van der Waals surface area contributed by atoms with Crippen molar-refractivity contribution in [2.75, 3.05) is 7.11 Å². The number of allylic oxidation sites excluding steroid dienone is 1. The van der Waals surface area contributed by atoms with Gasteiger partial charge >= 0.3 is 5.97 Å². The van der Waals surface area contributed by atoms with Crippen molar-refractivity contribution in [1.82, 2.24) is 0 Å². The molecule has 0 saturated heterocycles. The van der Waals surface area contributed by atoms with Crippen molar-refractivity contribution in [3.63, 3.8) is 0 Å². The molecule has 3 heteroatoms. The summed E-state index contributed by atoms with van der Waals surface area (Å²) in [6, 6.07) is 0. The number of methoxy groups -OCH3 is 1. The van der Waals surface area contributed by atoms with E-state index in [0.29, 0.717) is 0 Å². The molecule has 0 aromatic rings. The Balaban J connectivity index is 3.19. The monoisotopic (exact) mass is 326 g/mol. The Kier molecular flexibility index (Phi) is 16.9. The van der Waals surface area contributed by atoms with E-state index in [1.807, 2.05) is 6.08 Å². The van der Waals surface area contributed by atoms with E-state index in [4.69, 9.17) is 0 Å². The van der Waals surface area contributed by atoms with Crippen molar-refractivity contribution in [3.8, 4) is 0 Å². The first-order chi connectivity index (χ1) is 11.2. The summed E-state index contributed by atoms with van der Waals surface area (Å²) in [5.74, 6) is -0.591. The average molecular weight is 327 g/mol. The average Bonchev–Trinajstić information content (AvgIpc) is 2.57. The Labute approximate surface area is 143 Å². The predicted octanol–water partition coefficient (Wildman–Crippen LogP) is 5.56. The van der Waals surface area contributed by atoms with E-state index in [1.165, 1.54) is 90.2 Å². The van der Waals surface area contributed by atoms with Crippen molar-refractivity contribution in [3.05, 3.63) is 12.2 Å². The lowest BCUT2D eigenvalue weighted by Gasteiger charge is -2.03. The van der Waals surface area contributed by atoms with Gasteiger partial charge in [-0.1, -0.05) is 90.0 Å². The Hall–Kier alpha value is -0.830. The summed E-state index contributed by atoms with van der Waals surface area (Å²) in [6.45, 7) is 2.27. The van der Waals surface area contributed by atoms with Gasteiger partial charge in [0.2, 0.25) is 0 Å². The van der Waals surface area contributed by atoms with Crippen LogP contribution in [0.5, 0.6) is 0 Å². The highest BCUT2D eigenvalue weighted by Crippen LogP contribution is 2.13. The molecule has 0 spiro atoms. The summed E-state index contributed by atoms with van der Waals surface area (Å²) in [5, 5.41) is 9.36. The number of ether oxygens (including phenoxy) is 1. The van der Waals surface area contributed by atoms with Gasteiger partial charge in [-0.25, -0.2) is 4.79 Å². The second-order valence-corrected chi connectivity index (χ2v) is 6.43. The van der Waals surface area contributed by atoms with Gasteiger partial charge in [-0.05, 0) is 18.9 Å². The number of unbranched alkanes of at least 4 members (excludes halogenated alkanes) is 13. The number of aliphatic hydroxyl groups excluding tert-OH is 1. The van der Waals surface area contributed by atoms with Gasteiger partial charge in [0.15, 0.2) is 6.10 Å².